The van der Waals surface area contributed by atoms with Gasteiger partial charge in [0.15, 0.2) is 5.65 Å². The molecule has 1 saturated carbocycles. The van der Waals surface area contributed by atoms with Crippen LogP contribution in [0, 0.1) is 0 Å². The van der Waals surface area contributed by atoms with E-state index in [1.807, 2.05) is 18.2 Å². The van der Waals surface area contributed by atoms with Crippen molar-refractivity contribution in [1.29, 1.82) is 0 Å². The number of rotatable bonds is 7. The zero-order valence-electron chi connectivity index (χ0n) is 22.9. The van der Waals surface area contributed by atoms with Gasteiger partial charge in [-0.1, -0.05) is 30.3 Å². The van der Waals surface area contributed by atoms with Gasteiger partial charge in [-0.2, -0.15) is 5.10 Å². The van der Waals surface area contributed by atoms with Crippen molar-refractivity contribution >= 4 is 22.5 Å². The van der Waals surface area contributed by atoms with Crippen molar-refractivity contribution in [2.75, 3.05) is 51.4 Å². The minimum Gasteiger partial charge on any atom is -0.496 e. The third-order valence-corrected chi connectivity index (χ3v) is 8.42. The molecule has 0 amide bonds. The Labute approximate surface area is 230 Å². The number of aromatic nitrogens is 4. The number of anilines is 2. The fraction of sp³-hybridized carbons (Fsp3) is 0.433. The monoisotopic (exact) mass is 526 g/mol. The molecule has 0 unspecified atom stereocenters. The lowest BCUT2D eigenvalue weighted by molar-refractivity contribution is 0.0815. The Morgan fingerprint density at radius 1 is 0.923 bits per heavy atom. The first kappa shape index (κ1) is 25.6. The second kappa shape index (κ2) is 11.2. The highest BCUT2D eigenvalue weighted by molar-refractivity contribution is 5.98. The molecule has 4 aromatic rings. The third kappa shape index (κ3) is 5.29. The van der Waals surface area contributed by atoms with Gasteiger partial charge in [-0.25, -0.2) is 14.6 Å². The number of likely N-dealkylation sites (N-methyl/N-ethyl adjacent to an activating group) is 1. The second-order valence-electron chi connectivity index (χ2n) is 10.8. The number of nitrogen functional groups attached to an aromatic ring is 1. The smallest absolute Gasteiger partial charge is 0.164 e. The van der Waals surface area contributed by atoms with Crippen molar-refractivity contribution in [1.82, 2.24) is 29.5 Å². The molecular weight excluding hydrogens is 488 g/mol. The molecule has 3 heterocycles. The summed E-state index contributed by atoms with van der Waals surface area (Å²) in [6, 6.07) is 17.4. The third-order valence-electron chi connectivity index (χ3n) is 8.42. The number of benzene rings is 2. The van der Waals surface area contributed by atoms with Crippen molar-refractivity contribution in [3.63, 3.8) is 0 Å². The molecule has 1 aliphatic carbocycles. The van der Waals surface area contributed by atoms with E-state index in [1.54, 1.807) is 13.4 Å². The van der Waals surface area contributed by atoms with E-state index >= 15 is 0 Å². The Kier molecular flexibility index (Phi) is 7.34. The van der Waals surface area contributed by atoms with Gasteiger partial charge in [0.25, 0.3) is 0 Å². The first-order valence-electron chi connectivity index (χ1n) is 14.0. The topological polar surface area (TPSA) is 97.4 Å². The second-order valence-corrected chi connectivity index (χ2v) is 10.8. The predicted octanol–water partition coefficient (Wildman–Crippen LogP) is 4.43. The average Bonchev–Trinajstić information content (AvgIpc) is 3.38. The lowest BCUT2D eigenvalue weighted by Gasteiger charge is -2.41. The zero-order chi connectivity index (χ0) is 26.8. The molecule has 2 aliphatic rings. The van der Waals surface area contributed by atoms with Crippen LogP contribution in [0.3, 0.4) is 0 Å². The van der Waals surface area contributed by atoms with Crippen LogP contribution in [0.25, 0.3) is 22.3 Å². The normalized spacial score (nSPS) is 20.8. The quantitative estimate of drug-likeness (QED) is 0.365. The lowest BCUT2D eigenvalue weighted by Crippen LogP contribution is -2.49. The first-order chi connectivity index (χ1) is 19.1. The summed E-state index contributed by atoms with van der Waals surface area (Å²) in [4.78, 5) is 14.1. The number of methoxy groups -OCH3 is 1. The SMILES string of the molecule is COc1ccccc1CNc1ccc(-c2nn(C3CCC(N4CCN(C)CC4)CC3)c3ncnc(N)c23)cc1. The van der Waals surface area contributed by atoms with Crippen LogP contribution in [0.5, 0.6) is 5.75 Å². The summed E-state index contributed by atoms with van der Waals surface area (Å²) in [5, 5.41) is 9.45. The summed E-state index contributed by atoms with van der Waals surface area (Å²) in [5.41, 5.74) is 11.2. The first-order valence-corrected chi connectivity index (χ1v) is 14.0. The maximum atomic E-state index is 6.40. The van der Waals surface area contributed by atoms with Gasteiger partial charge in [0, 0.05) is 55.6 Å². The van der Waals surface area contributed by atoms with Gasteiger partial charge in [0.05, 0.1) is 18.5 Å². The highest BCUT2D eigenvalue weighted by Crippen LogP contribution is 2.37. The highest BCUT2D eigenvalue weighted by atomic mass is 16.5. The van der Waals surface area contributed by atoms with E-state index in [1.165, 1.54) is 25.9 Å². The molecule has 1 saturated heterocycles. The maximum absolute atomic E-state index is 6.40. The number of nitrogens with one attached hydrogen (secondary N) is 1. The van der Waals surface area contributed by atoms with Gasteiger partial charge in [0.1, 0.15) is 23.6 Å². The highest BCUT2D eigenvalue weighted by Gasteiger charge is 2.30. The van der Waals surface area contributed by atoms with Crippen molar-refractivity contribution in [3.8, 4) is 17.0 Å². The minimum absolute atomic E-state index is 0.320. The molecular formula is C30H38N8O. The lowest BCUT2D eigenvalue weighted by atomic mass is 9.90. The van der Waals surface area contributed by atoms with Crippen LogP contribution in [-0.2, 0) is 6.54 Å². The summed E-state index contributed by atoms with van der Waals surface area (Å²) in [6.07, 6.45) is 6.14. The molecule has 0 radical (unpaired) electrons. The van der Waals surface area contributed by atoms with Crippen LogP contribution in [-0.4, -0.2) is 75.9 Å². The van der Waals surface area contributed by atoms with Crippen LogP contribution in [0.1, 0.15) is 37.3 Å². The number of nitrogens with zero attached hydrogens (tertiary/aromatic N) is 6. The van der Waals surface area contributed by atoms with E-state index in [0.29, 0.717) is 24.4 Å². The van der Waals surface area contributed by atoms with Crippen molar-refractivity contribution in [2.24, 2.45) is 0 Å². The van der Waals surface area contributed by atoms with E-state index in [4.69, 9.17) is 15.6 Å². The van der Waals surface area contributed by atoms with Gasteiger partial charge in [-0.3, -0.25) is 4.90 Å². The van der Waals surface area contributed by atoms with Crippen LogP contribution in [0.15, 0.2) is 54.9 Å². The molecule has 2 fully saturated rings. The summed E-state index contributed by atoms with van der Waals surface area (Å²) in [5.74, 6) is 1.36. The molecule has 2 aromatic heterocycles. The van der Waals surface area contributed by atoms with E-state index in [9.17, 15) is 0 Å². The molecule has 2 aromatic carbocycles. The molecule has 3 N–H and O–H groups in total. The molecule has 0 bridgehead atoms. The standard InChI is InChI=1S/C30H38N8O/c1-36-15-17-37(18-16-36)24-11-13-25(14-12-24)38-30-27(29(31)33-20-34-30)28(35-38)21-7-9-23(10-8-21)32-19-22-5-3-4-6-26(22)39-2/h3-10,20,24-25,32H,11-19H2,1-2H3,(H2,31,33,34). The van der Waals surface area contributed by atoms with Crippen LogP contribution in [0.4, 0.5) is 11.5 Å². The van der Waals surface area contributed by atoms with Gasteiger partial charge < -0.3 is 20.7 Å². The number of nitrogens with two attached hydrogens (primary N) is 1. The predicted molar refractivity (Wildman–Crippen MR) is 156 cm³/mol. The average molecular weight is 527 g/mol. The van der Waals surface area contributed by atoms with Crippen molar-refractivity contribution < 1.29 is 4.74 Å². The minimum atomic E-state index is 0.320. The molecule has 6 rings (SSSR count). The summed E-state index contributed by atoms with van der Waals surface area (Å²) >= 11 is 0. The molecule has 0 spiro atoms. The Balaban J connectivity index is 1.20. The zero-order valence-corrected chi connectivity index (χ0v) is 22.9. The Hall–Kier alpha value is -3.69. The number of ether oxygens (including phenoxy) is 1. The van der Waals surface area contributed by atoms with Gasteiger partial charge in [-0.15, -0.1) is 0 Å². The van der Waals surface area contributed by atoms with Crippen LogP contribution in [0.2, 0.25) is 0 Å². The molecule has 0 atom stereocenters. The summed E-state index contributed by atoms with van der Waals surface area (Å²) in [7, 11) is 3.92. The number of piperazine rings is 1. The Bertz CT molecular complexity index is 1400. The van der Waals surface area contributed by atoms with E-state index < -0.39 is 0 Å². The summed E-state index contributed by atoms with van der Waals surface area (Å²) < 4.78 is 7.60. The molecule has 9 nitrogen and oxygen atoms in total. The van der Waals surface area contributed by atoms with Crippen molar-refractivity contribution in [3.05, 3.63) is 60.4 Å². The van der Waals surface area contributed by atoms with Gasteiger partial charge >= 0.3 is 0 Å². The molecule has 39 heavy (non-hydrogen) atoms. The van der Waals surface area contributed by atoms with E-state index in [2.05, 4.69) is 67.1 Å². The largest absolute Gasteiger partial charge is 0.496 e. The summed E-state index contributed by atoms with van der Waals surface area (Å²) in [6.45, 7) is 5.36. The number of para-hydroxylation sites is 1. The Morgan fingerprint density at radius 2 is 1.64 bits per heavy atom. The van der Waals surface area contributed by atoms with Gasteiger partial charge in [0.2, 0.25) is 0 Å². The molecule has 204 valence electrons. The molecule has 9 heteroatoms. The van der Waals surface area contributed by atoms with E-state index in [-0.39, 0.29) is 0 Å². The van der Waals surface area contributed by atoms with E-state index in [0.717, 1.165) is 65.2 Å². The Morgan fingerprint density at radius 3 is 2.38 bits per heavy atom. The van der Waals surface area contributed by atoms with Crippen molar-refractivity contribution in [2.45, 2.75) is 44.3 Å². The fourth-order valence-corrected chi connectivity index (χ4v) is 6.10. The van der Waals surface area contributed by atoms with Gasteiger partial charge in [-0.05, 0) is 50.9 Å². The maximum Gasteiger partial charge on any atom is 0.164 e. The number of hydrogen-bond acceptors (Lipinski definition) is 8. The van der Waals surface area contributed by atoms with Crippen LogP contribution >= 0.6 is 0 Å². The number of hydrogen-bond donors (Lipinski definition) is 2. The fourth-order valence-electron chi connectivity index (χ4n) is 6.10. The molecule has 1 aliphatic heterocycles. The number of fused-ring (bicyclic) bond motifs is 1. The van der Waals surface area contributed by atoms with Crippen LogP contribution < -0.4 is 15.8 Å².